The molecule has 0 bridgehead atoms. The van der Waals surface area contributed by atoms with Crippen LogP contribution in [-0.4, -0.2) is 23.9 Å². The van der Waals surface area contributed by atoms with E-state index in [1.807, 2.05) is 4.90 Å². The molecule has 0 radical (unpaired) electrons. The zero-order valence-corrected chi connectivity index (χ0v) is 11.4. The van der Waals surface area contributed by atoms with Crippen LogP contribution < -0.4 is 0 Å². The minimum atomic E-state index is -0.0356. The van der Waals surface area contributed by atoms with E-state index in [1.54, 1.807) is 12.1 Å². The second kappa shape index (κ2) is 5.59. The van der Waals surface area contributed by atoms with Crippen molar-refractivity contribution >= 4 is 5.91 Å². The average Bonchev–Trinajstić information content (AvgIpc) is 3.10. The maximum atomic E-state index is 12.4. The van der Waals surface area contributed by atoms with Gasteiger partial charge < -0.3 is 9.32 Å². The zero-order chi connectivity index (χ0) is 13.9. The average molecular weight is 274 g/mol. The summed E-state index contributed by atoms with van der Waals surface area (Å²) in [4.78, 5) is 17.0. The molecule has 1 saturated carbocycles. The van der Waals surface area contributed by atoms with Gasteiger partial charge in [0.2, 0.25) is 0 Å². The molecule has 6 nitrogen and oxygen atoms in total. The quantitative estimate of drug-likeness (QED) is 0.481. The topological polar surface area (TPSA) is 82.2 Å². The molecule has 0 N–H and O–H groups in total. The van der Waals surface area contributed by atoms with E-state index in [-0.39, 0.29) is 12.5 Å². The van der Waals surface area contributed by atoms with Gasteiger partial charge in [-0.15, -0.1) is 0 Å². The zero-order valence-electron chi connectivity index (χ0n) is 11.4. The molecule has 2 aliphatic rings. The van der Waals surface area contributed by atoms with Gasteiger partial charge in [-0.2, -0.15) is 0 Å². The molecule has 1 amide bonds. The first-order valence-corrected chi connectivity index (χ1v) is 7.17. The fourth-order valence-corrected chi connectivity index (χ4v) is 3.41. The van der Waals surface area contributed by atoms with Crippen LogP contribution in [-0.2, 0) is 6.54 Å². The van der Waals surface area contributed by atoms with Crippen LogP contribution in [0.25, 0.3) is 10.4 Å². The van der Waals surface area contributed by atoms with Gasteiger partial charge in [0.1, 0.15) is 5.76 Å². The van der Waals surface area contributed by atoms with Crippen LogP contribution in [0.1, 0.15) is 42.0 Å². The van der Waals surface area contributed by atoms with E-state index in [0.29, 0.717) is 23.4 Å². The summed E-state index contributed by atoms with van der Waals surface area (Å²) in [5.41, 5.74) is 8.28. The molecular formula is C14H18N4O2. The van der Waals surface area contributed by atoms with Crippen molar-refractivity contribution in [1.29, 1.82) is 0 Å². The molecule has 1 aromatic rings. The van der Waals surface area contributed by atoms with Gasteiger partial charge in [-0.1, -0.05) is 18.0 Å². The van der Waals surface area contributed by atoms with Crippen molar-refractivity contribution in [3.05, 3.63) is 34.1 Å². The molecule has 6 heteroatoms. The molecule has 2 atom stereocenters. The van der Waals surface area contributed by atoms with E-state index in [1.165, 1.54) is 25.7 Å². The van der Waals surface area contributed by atoms with Crippen LogP contribution in [0.5, 0.6) is 0 Å². The molecule has 1 aliphatic heterocycles. The first-order chi connectivity index (χ1) is 9.78. The number of nitrogens with zero attached hydrogens (tertiary/aromatic N) is 4. The Morgan fingerprint density at radius 3 is 2.70 bits per heavy atom. The highest BCUT2D eigenvalue weighted by Crippen LogP contribution is 2.36. The van der Waals surface area contributed by atoms with Crippen molar-refractivity contribution in [1.82, 2.24) is 4.90 Å². The number of carbonyl (C=O) groups excluding carboxylic acids is 1. The molecule has 0 aromatic carbocycles. The number of hydrogen-bond acceptors (Lipinski definition) is 3. The van der Waals surface area contributed by atoms with Crippen LogP contribution in [0.4, 0.5) is 0 Å². The fraction of sp³-hybridized carbons (Fsp3) is 0.643. The minimum Gasteiger partial charge on any atom is -0.456 e. The molecule has 1 aliphatic carbocycles. The standard InChI is InChI=1S/C14H18N4O2/c15-17-16-7-12-5-6-13(20-12)14(19)18-8-10-3-1-2-4-11(10)9-18/h5-6,10-11H,1-4,7-9H2. The highest BCUT2D eigenvalue weighted by atomic mass is 16.4. The molecule has 2 unspecified atom stereocenters. The molecule has 106 valence electrons. The van der Waals surface area contributed by atoms with Gasteiger partial charge in [0.05, 0.1) is 6.54 Å². The smallest absolute Gasteiger partial charge is 0.289 e. The third-order valence-electron chi connectivity index (χ3n) is 4.43. The van der Waals surface area contributed by atoms with Crippen LogP contribution in [0.3, 0.4) is 0 Å². The Kier molecular flexibility index (Phi) is 3.65. The Balaban J connectivity index is 1.66. The maximum Gasteiger partial charge on any atom is 0.289 e. The Morgan fingerprint density at radius 2 is 2.05 bits per heavy atom. The molecule has 3 rings (SSSR count). The lowest BCUT2D eigenvalue weighted by Gasteiger charge is -2.22. The van der Waals surface area contributed by atoms with E-state index >= 15 is 0 Å². The monoisotopic (exact) mass is 274 g/mol. The van der Waals surface area contributed by atoms with Gasteiger partial charge in [0, 0.05) is 18.0 Å². The third kappa shape index (κ3) is 2.51. The summed E-state index contributed by atoms with van der Waals surface area (Å²) in [7, 11) is 0. The van der Waals surface area contributed by atoms with Crippen molar-refractivity contribution in [2.75, 3.05) is 13.1 Å². The second-order valence-corrected chi connectivity index (χ2v) is 5.67. The number of rotatable bonds is 3. The van der Waals surface area contributed by atoms with Crippen LogP contribution in [0.2, 0.25) is 0 Å². The van der Waals surface area contributed by atoms with Crippen LogP contribution in [0, 0.1) is 11.8 Å². The predicted octanol–water partition coefficient (Wildman–Crippen LogP) is 3.35. The minimum absolute atomic E-state index is 0.0356. The molecule has 20 heavy (non-hydrogen) atoms. The van der Waals surface area contributed by atoms with E-state index in [9.17, 15) is 4.79 Å². The number of azide groups is 1. The molecule has 2 fully saturated rings. The Hall–Kier alpha value is -1.94. The number of likely N-dealkylation sites (tertiary alicyclic amines) is 1. The lowest BCUT2D eigenvalue weighted by Crippen LogP contribution is -2.28. The first kappa shape index (κ1) is 13.1. The van der Waals surface area contributed by atoms with E-state index in [0.717, 1.165) is 13.1 Å². The number of amides is 1. The van der Waals surface area contributed by atoms with Gasteiger partial charge in [-0.25, -0.2) is 0 Å². The molecule has 0 spiro atoms. The second-order valence-electron chi connectivity index (χ2n) is 5.67. The molecule has 1 saturated heterocycles. The van der Waals surface area contributed by atoms with Crippen molar-refractivity contribution in [3.63, 3.8) is 0 Å². The Labute approximate surface area is 117 Å². The van der Waals surface area contributed by atoms with Crippen molar-refractivity contribution in [3.8, 4) is 0 Å². The summed E-state index contributed by atoms with van der Waals surface area (Å²) in [6.07, 6.45) is 5.07. The van der Waals surface area contributed by atoms with E-state index in [4.69, 9.17) is 9.95 Å². The van der Waals surface area contributed by atoms with E-state index in [2.05, 4.69) is 10.0 Å². The number of furan rings is 1. The third-order valence-corrected chi connectivity index (χ3v) is 4.43. The summed E-state index contributed by atoms with van der Waals surface area (Å²) >= 11 is 0. The highest BCUT2D eigenvalue weighted by molar-refractivity contribution is 5.91. The van der Waals surface area contributed by atoms with Gasteiger partial charge in [-0.3, -0.25) is 4.79 Å². The van der Waals surface area contributed by atoms with Gasteiger partial charge in [0.25, 0.3) is 5.91 Å². The lowest BCUT2D eigenvalue weighted by atomic mass is 9.82. The summed E-state index contributed by atoms with van der Waals surface area (Å²) in [6, 6.07) is 3.37. The number of carbonyl (C=O) groups is 1. The first-order valence-electron chi connectivity index (χ1n) is 7.17. The van der Waals surface area contributed by atoms with Crippen LogP contribution >= 0.6 is 0 Å². The van der Waals surface area contributed by atoms with Crippen molar-refractivity contribution in [2.45, 2.75) is 32.2 Å². The SMILES string of the molecule is [N-]=[N+]=NCc1ccc(C(=O)N2CC3CCCCC3C2)o1. The Bertz CT molecular complexity index is 533. The van der Waals surface area contributed by atoms with Crippen molar-refractivity contribution in [2.24, 2.45) is 17.0 Å². The fourth-order valence-electron chi connectivity index (χ4n) is 3.41. The predicted molar refractivity (Wildman–Crippen MR) is 72.9 cm³/mol. The largest absolute Gasteiger partial charge is 0.456 e. The summed E-state index contributed by atoms with van der Waals surface area (Å²) < 4.78 is 5.46. The van der Waals surface area contributed by atoms with Crippen LogP contribution in [0.15, 0.2) is 21.7 Å². The number of fused-ring (bicyclic) bond motifs is 1. The normalized spacial score (nSPS) is 25.1. The van der Waals surface area contributed by atoms with Gasteiger partial charge >= 0.3 is 0 Å². The lowest BCUT2D eigenvalue weighted by molar-refractivity contribution is 0.0750. The van der Waals surface area contributed by atoms with E-state index < -0.39 is 0 Å². The summed E-state index contributed by atoms with van der Waals surface area (Å²) in [6.45, 7) is 1.86. The summed E-state index contributed by atoms with van der Waals surface area (Å²) in [5.74, 6) is 2.19. The summed E-state index contributed by atoms with van der Waals surface area (Å²) in [5, 5.41) is 3.43. The highest BCUT2D eigenvalue weighted by Gasteiger charge is 2.37. The van der Waals surface area contributed by atoms with Crippen molar-refractivity contribution < 1.29 is 9.21 Å². The van der Waals surface area contributed by atoms with Gasteiger partial charge in [0.15, 0.2) is 5.76 Å². The molecule has 2 heterocycles. The van der Waals surface area contributed by atoms with Gasteiger partial charge in [-0.05, 0) is 42.3 Å². The Morgan fingerprint density at radius 1 is 1.35 bits per heavy atom. The maximum absolute atomic E-state index is 12.4. The number of hydrogen-bond donors (Lipinski definition) is 0. The molecule has 1 aromatic heterocycles. The molecular weight excluding hydrogens is 256 g/mol.